The van der Waals surface area contributed by atoms with E-state index in [1.54, 1.807) is 30.5 Å². The molecule has 2 aromatic carbocycles. The number of ether oxygens (including phenoxy) is 1. The summed E-state index contributed by atoms with van der Waals surface area (Å²) in [6, 6.07) is 22.2. The van der Waals surface area contributed by atoms with Crippen molar-refractivity contribution in [1.82, 2.24) is 19.8 Å². The zero-order valence-corrected chi connectivity index (χ0v) is 21.9. The van der Waals surface area contributed by atoms with Crippen LogP contribution in [-0.4, -0.2) is 45.1 Å². The fraction of sp³-hybridized carbons (Fsp3) is 0.172. The van der Waals surface area contributed by atoms with Crippen LogP contribution in [0.25, 0.3) is 5.69 Å². The molecule has 2 atom stereocenters. The number of esters is 1. The molecule has 0 radical (unpaired) electrons. The third-order valence-electron chi connectivity index (χ3n) is 6.58. The number of anilines is 1. The van der Waals surface area contributed by atoms with E-state index in [1.165, 1.54) is 19.2 Å². The second-order valence-corrected chi connectivity index (χ2v) is 9.33. The van der Waals surface area contributed by atoms with Crippen molar-refractivity contribution in [3.05, 3.63) is 114 Å². The molecule has 1 fully saturated rings. The largest absolute Gasteiger partial charge is 0.465 e. The van der Waals surface area contributed by atoms with Crippen molar-refractivity contribution in [2.45, 2.75) is 18.5 Å². The monoisotopic (exact) mass is 543 g/mol. The molecular weight excluding hydrogens is 517 g/mol. The predicted molar refractivity (Wildman–Crippen MR) is 149 cm³/mol. The molecule has 0 unspecified atom stereocenters. The number of methoxy groups -OCH3 is 1. The average molecular weight is 544 g/mol. The fourth-order valence-electron chi connectivity index (χ4n) is 4.71. The first-order chi connectivity index (χ1) is 19.0. The molecule has 0 spiro atoms. The topological polar surface area (TPSA) is 88.5 Å². The molecule has 4 aromatic rings. The number of aromatic nitrogens is 2. The molecule has 3 heterocycles. The molecule has 1 saturated heterocycles. The summed E-state index contributed by atoms with van der Waals surface area (Å²) in [5.41, 5.74) is 3.15. The number of para-hydroxylation sites is 1. The van der Waals surface area contributed by atoms with Gasteiger partial charge in [-0.25, -0.2) is 9.18 Å². The zero-order chi connectivity index (χ0) is 27.4. The Balaban J connectivity index is 1.44. The van der Waals surface area contributed by atoms with Gasteiger partial charge >= 0.3 is 5.97 Å². The molecule has 198 valence electrons. The number of hydrogen-bond acceptors (Lipinski definition) is 5. The van der Waals surface area contributed by atoms with E-state index in [2.05, 4.69) is 15.6 Å². The van der Waals surface area contributed by atoms with Crippen LogP contribution < -0.4 is 10.6 Å². The minimum atomic E-state index is -0.492. The van der Waals surface area contributed by atoms with Crippen LogP contribution in [0.2, 0.25) is 0 Å². The highest BCUT2D eigenvalue weighted by atomic mass is 32.1. The summed E-state index contributed by atoms with van der Waals surface area (Å²) in [6.07, 6.45) is 3.75. The van der Waals surface area contributed by atoms with Crippen LogP contribution in [0.1, 0.15) is 40.3 Å². The Labute approximate surface area is 230 Å². The number of carbonyl (C=O) groups excluding carboxylic acids is 2. The van der Waals surface area contributed by atoms with E-state index in [0.717, 1.165) is 17.1 Å². The maximum Gasteiger partial charge on any atom is 0.337 e. The van der Waals surface area contributed by atoms with Crippen molar-refractivity contribution < 1.29 is 18.7 Å². The van der Waals surface area contributed by atoms with Crippen LogP contribution in [0.15, 0.2) is 91.3 Å². The summed E-state index contributed by atoms with van der Waals surface area (Å²) in [5.74, 6) is -1.22. The number of thiocarbonyl (C=S) groups is 1. The van der Waals surface area contributed by atoms with Gasteiger partial charge < -0.3 is 24.8 Å². The van der Waals surface area contributed by atoms with Crippen LogP contribution in [0.5, 0.6) is 0 Å². The van der Waals surface area contributed by atoms with Gasteiger partial charge in [-0.3, -0.25) is 9.78 Å². The van der Waals surface area contributed by atoms with Gasteiger partial charge in [-0.05, 0) is 72.9 Å². The van der Waals surface area contributed by atoms with E-state index in [1.807, 2.05) is 58.1 Å². The first-order valence-corrected chi connectivity index (χ1v) is 12.8. The number of amides is 1. The van der Waals surface area contributed by atoms with Crippen molar-refractivity contribution in [3.8, 4) is 5.69 Å². The normalized spacial score (nSPS) is 16.6. The third-order valence-corrected chi connectivity index (χ3v) is 6.93. The van der Waals surface area contributed by atoms with Gasteiger partial charge in [-0.2, -0.15) is 0 Å². The summed E-state index contributed by atoms with van der Waals surface area (Å²) in [7, 11) is 1.35. The Bertz CT molecular complexity index is 1490. The maximum absolute atomic E-state index is 14.0. The van der Waals surface area contributed by atoms with E-state index in [9.17, 15) is 14.0 Å². The van der Waals surface area contributed by atoms with Crippen molar-refractivity contribution in [1.29, 1.82) is 0 Å². The molecule has 2 N–H and O–H groups in total. The molecule has 0 bridgehead atoms. The molecule has 8 nitrogen and oxygen atoms in total. The lowest BCUT2D eigenvalue weighted by molar-refractivity contribution is -0.116. The number of nitrogens with zero attached hydrogens (tertiary/aromatic N) is 3. The Morgan fingerprint density at radius 1 is 1.05 bits per heavy atom. The summed E-state index contributed by atoms with van der Waals surface area (Å²) < 4.78 is 20.9. The summed E-state index contributed by atoms with van der Waals surface area (Å²) in [6.45, 7) is 0.298. The quantitative estimate of drug-likeness (QED) is 0.244. The molecule has 0 aliphatic carbocycles. The van der Waals surface area contributed by atoms with Crippen molar-refractivity contribution in [3.63, 3.8) is 0 Å². The standard InChI is InChI=1S/C29H26FN5O3S/c1-38-28(37)19-11-13-20(14-12-19)34-17-6-10-24(34)27-26(23-9-4-5-16-31-23)33-29(39)35(27)18-15-25(36)32-22-8-3-2-7-21(22)30/h2-14,16-17,26-27H,15,18H2,1H3,(H,32,36)(H,33,39)/t26-,27-/m1/s1. The number of benzene rings is 2. The maximum atomic E-state index is 14.0. The Hall–Kier alpha value is -4.57. The minimum Gasteiger partial charge on any atom is -0.465 e. The second-order valence-electron chi connectivity index (χ2n) is 8.94. The number of carbonyl (C=O) groups is 2. The van der Waals surface area contributed by atoms with Gasteiger partial charge in [-0.15, -0.1) is 0 Å². The SMILES string of the molecule is COC(=O)c1ccc(-n2cccc2[C@@H]2[C@@H](c3ccccn3)NC(=S)N2CCC(=O)Nc2ccccc2F)cc1. The Morgan fingerprint density at radius 2 is 1.82 bits per heavy atom. The molecule has 1 aliphatic heterocycles. The van der Waals surface area contributed by atoms with Gasteiger partial charge in [0.1, 0.15) is 5.82 Å². The second kappa shape index (κ2) is 11.4. The third kappa shape index (κ3) is 5.51. The van der Waals surface area contributed by atoms with Gasteiger partial charge in [0.2, 0.25) is 5.91 Å². The van der Waals surface area contributed by atoms with Gasteiger partial charge in [-0.1, -0.05) is 18.2 Å². The van der Waals surface area contributed by atoms with E-state index >= 15 is 0 Å². The molecule has 1 amide bonds. The van der Waals surface area contributed by atoms with E-state index in [0.29, 0.717) is 17.2 Å². The number of hydrogen-bond donors (Lipinski definition) is 2. The first kappa shape index (κ1) is 26.1. The highest BCUT2D eigenvalue weighted by Gasteiger charge is 2.41. The van der Waals surface area contributed by atoms with Crippen LogP contribution in [0, 0.1) is 5.82 Å². The van der Waals surface area contributed by atoms with Gasteiger partial charge in [0.05, 0.1) is 36.1 Å². The Morgan fingerprint density at radius 3 is 2.54 bits per heavy atom. The van der Waals surface area contributed by atoms with Gasteiger partial charge in [0.15, 0.2) is 5.11 Å². The van der Waals surface area contributed by atoms with E-state index in [4.69, 9.17) is 17.0 Å². The number of rotatable bonds is 8. The molecule has 5 rings (SSSR count). The fourth-order valence-corrected chi connectivity index (χ4v) is 5.04. The summed E-state index contributed by atoms with van der Waals surface area (Å²) >= 11 is 5.72. The van der Waals surface area contributed by atoms with E-state index < -0.39 is 11.8 Å². The zero-order valence-electron chi connectivity index (χ0n) is 21.1. The average Bonchev–Trinajstić information content (AvgIpc) is 3.57. The lowest BCUT2D eigenvalue weighted by Gasteiger charge is -2.29. The van der Waals surface area contributed by atoms with E-state index in [-0.39, 0.29) is 30.1 Å². The highest BCUT2D eigenvalue weighted by Crippen LogP contribution is 2.39. The smallest absolute Gasteiger partial charge is 0.337 e. The number of halogens is 1. The molecule has 1 aliphatic rings. The lowest BCUT2D eigenvalue weighted by atomic mass is 10.0. The van der Waals surface area contributed by atoms with Crippen LogP contribution in [0.3, 0.4) is 0 Å². The molecule has 39 heavy (non-hydrogen) atoms. The minimum absolute atomic E-state index is 0.0934. The van der Waals surface area contributed by atoms with Crippen molar-refractivity contribution in [2.24, 2.45) is 0 Å². The predicted octanol–water partition coefficient (Wildman–Crippen LogP) is 4.80. The molecule has 2 aromatic heterocycles. The summed E-state index contributed by atoms with van der Waals surface area (Å²) in [4.78, 5) is 31.2. The van der Waals surface area contributed by atoms with Crippen LogP contribution in [-0.2, 0) is 9.53 Å². The van der Waals surface area contributed by atoms with Crippen LogP contribution in [0.4, 0.5) is 10.1 Å². The van der Waals surface area contributed by atoms with Crippen molar-refractivity contribution >= 4 is 34.9 Å². The molecule has 10 heteroatoms. The van der Waals surface area contributed by atoms with Crippen LogP contribution >= 0.6 is 12.2 Å². The number of nitrogens with one attached hydrogen (secondary N) is 2. The summed E-state index contributed by atoms with van der Waals surface area (Å²) in [5, 5.41) is 6.51. The van der Waals surface area contributed by atoms with Gasteiger partial charge in [0.25, 0.3) is 0 Å². The molecular formula is C29H26FN5O3S. The Kier molecular flexibility index (Phi) is 7.64. The lowest BCUT2D eigenvalue weighted by Crippen LogP contribution is -2.33. The first-order valence-electron chi connectivity index (χ1n) is 12.3. The number of pyridine rings is 1. The highest BCUT2D eigenvalue weighted by molar-refractivity contribution is 7.80. The molecule has 0 saturated carbocycles. The van der Waals surface area contributed by atoms with Crippen molar-refractivity contribution in [2.75, 3.05) is 19.0 Å². The van der Waals surface area contributed by atoms with Gasteiger partial charge in [0, 0.05) is 36.7 Å².